The third kappa shape index (κ3) is 2.89. The molecule has 0 fully saturated rings. The predicted molar refractivity (Wildman–Crippen MR) is 85.2 cm³/mol. The fraction of sp³-hybridized carbons (Fsp3) is 0.294. The van der Waals surface area contributed by atoms with Crippen molar-refractivity contribution in [1.82, 2.24) is 5.43 Å². The van der Waals surface area contributed by atoms with Crippen LogP contribution in [0.2, 0.25) is 0 Å². The molecule has 3 rings (SSSR count). The summed E-state index contributed by atoms with van der Waals surface area (Å²) in [7, 11) is 1.82. The Morgan fingerprint density at radius 3 is 2.81 bits per heavy atom. The van der Waals surface area contributed by atoms with E-state index in [1.54, 1.807) is 4.90 Å². The molecule has 0 radical (unpaired) electrons. The number of rotatable bonds is 4. The molecule has 1 aliphatic heterocycles. The number of hydrogen-bond acceptors (Lipinski definition) is 3. The zero-order valence-corrected chi connectivity index (χ0v) is 12.1. The van der Waals surface area contributed by atoms with E-state index >= 15 is 0 Å². The number of allylic oxidation sites excluding steroid dienone is 2. The SMILES string of the molecule is CN(C(=O)CCC1=NNC2C=CC=CC12)c1ccccc1. The molecule has 1 amide bonds. The highest BCUT2D eigenvalue weighted by molar-refractivity contribution is 5.98. The van der Waals surface area contributed by atoms with Gasteiger partial charge in [-0.3, -0.25) is 4.79 Å². The van der Waals surface area contributed by atoms with E-state index in [2.05, 4.69) is 22.7 Å². The molecule has 1 aromatic rings. The predicted octanol–water partition coefficient (Wildman–Crippen LogP) is 2.50. The van der Waals surface area contributed by atoms with E-state index in [0.717, 1.165) is 11.4 Å². The number of hydrogen-bond donors (Lipinski definition) is 1. The second-order valence-corrected chi connectivity index (χ2v) is 5.34. The Morgan fingerprint density at radius 2 is 2.00 bits per heavy atom. The number of carbonyl (C=O) groups is 1. The van der Waals surface area contributed by atoms with Crippen LogP contribution in [0.1, 0.15) is 12.8 Å². The van der Waals surface area contributed by atoms with Crippen LogP contribution in [-0.2, 0) is 4.79 Å². The summed E-state index contributed by atoms with van der Waals surface area (Å²) in [5.41, 5.74) is 5.11. The molecule has 0 spiro atoms. The maximum atomic E-state index is 12.3. The number of carbonyl (C=O) groups excluding carboxylic acids is 1. The Bertz CT molecular complexity index is 604. The summed E-state index contributed by atoms with van der Waals surface area (Å²) in [6, 6.07) is 9.96. The lowest BCUT2D eigenvalue weighted by Gasteiger charge is -2.19. The van der Waals surface area contributed by atoms with Crippen molar-refractivity contribution < 1.29 is 4.79 Å². The van der Waals surface area contributed by atoms with Gasteiger partial charge in [-0.05, 0) is 18.6 Å². The molecule has 0 aromatic heterocycles. The number of hydrazone groups is 1. The van der Waals surface area contributed by atoms with Crippen LogP contribution in [0.15, 0.2) is 59.7 Å². The van der Waals surface area contributed by atoms with E-state index in [-0.39, 0.29) is 11.9 Å². The third-order valence-electron chi connectivity index (χ3n) is 3.99. The van der Waals surface area contributed by atoms with Crippen LogP contribution in [0, 0.1) is 5.92 Å². The minimum Gasteiger partial charge on any atom is -0.315 e. The van der Waals surface area contributed by atoms with Gasteiger partial charge in [-0.15, -0.1) is 0 Å². The first-order valence-corrected chi connectivity index (χ1v) is 7.24. The molecule has 108 valence electrons. The summed E-state index contributed by atoms with van der Waals surface area (Å²) in [6.45, 7) is 0. The summed E-state index contributed by atoms with van der Waals surface area (Å²) in [5, 5.41) is 4.38. The Labute approximate surface area is 124 Å². The Kier molecular flexibility index (Phi) is 3.86. The average molecular weight is 281 g/mol. The van der Waals surface area contributed by atoms with Gasteiger partial charge in [-0.1, -0.05) is 42.5 Å². The molecule has 2 atom stereocenters. The molecule has 0 saturated carbocycles. The van der Waals surface area contributed by atoms with Gasteiger partial charge in [0.05, 0.1) is 6.04 Å². The molecule has 4 nitrogen and oxygen atoms in total. The molecule has 4 heteroatoms. The minimum atomic E-state index is 0.114. The van der Waals surface area contributed by atoms with Crippen LogP contribution in [0.5, 0.6) is 0 Å². The number of para-hydroxylation sites is 1. The van der Waals surface area contributed by atoms with Gasteiger partial charge in [0, 0.05) is 30.8 Å². The number of amides is 1. The minimum absolute atomic E-state index is 0.114. The fourth-order valence-corrected chi connectivity index (χ4v) is 2.70. The molecule has 2 unspecified atom stereocenters. The van der Waals surface area contributed by atoms with Crippen molar-refractivity contribution >= 4 is 17.3 Å². The molecular weight excluding hydrogens is 262 g/mol. The van der Waals surface area contributed by atoms with Crippen LogP contribution in [0.3, 0.4) is 0 Å². The van der Waals surface area contributed by atoms with E-state index in [0.29, 0.717) is 18.8 Å². The van der Waals surface area contributed by atoms with Gasteiger partial charge < -0.3 is 10.3 Å². The quantitative estimate of drug-likeness (QED) is 0.921. The van der Waals surface area contributed by atoms with Crippen LogP contribution in [-0.4, -0.2) is 24.7 Å². The van der Waals surface area contributed by atoms with Gasteiger partial charge in [0.15, 0.2) is 0 Å². The van der Waals surface area contributed by atoms with Gasteiger partial charge >= 0.3 is 0 Å². The van der Waals surface area contributed by atoms with Gasteiger partial charge in [0.2, 0.25) is 5.91 Å². The van der Waals surface area contributed by atoms with Crippen molar-refractivity contribution in [1.29, 1.82) is 0 Å². The van der Waals surface area contributed by atoms with E-state index in [1.165, 1.54) is 0 Å². The molecular formula is C17H19N3O. The van der Waals surface area contributed by atoms with Crippen molar-refractivity contribution in [3.8, 4) is 0 Å². The zero-order chi connectivity index (χ0) is 14.7. The molecule has 0 bridgehead atoms. The first-order valence-electron chi connectivity index (χ1n) is 7.24. The summed E-state index contributed by atoms with van der Waals surface area (Å²) in [6.07, 6.45) is 9.51. The van der Waals surface area contributed by atoms with Crippen molar-refractivity contribution in [3.05, 3.63) is 54.6 Å². The average Bonchev–Trinajstić information content (AvgIpc) is 2.96. The summed E-state index contributed by atoms with van der Waals surface area (Å²) >= 11 is 0. The second kappa shape index (κ2) is 5.95. The molecule has 1 N–H and O–H groups in total. The zero-order valence-electron chi connectivity index (χ0n) is 12.1. The standard InChI is InChI=1S/C17H19N3O/c1-20(13-7-3-2-4-8-13)17(21)12-11-16-14-9-5-6-10-15(14)18-19-16/h2-10,14-15,18H,11-12H2,1H3. The number of nitrogens with one attached hydrogen (secondary N) is 1. The Balaban J connectivity index is 1.57. The van der Waals surface area contributed by atoms with Gasteiger partial charge in [0.1, 0.15) is 0 Å². The molecule has 21 heavy (non-hydrogen) atoms. The lowest BCUT2D eigenvalue weighted by Crippen LogP contribution is -2.29. The van der Waals surface area contributed by atoms with Crippen LogP contribution >= 0.6 is 0 Å². The van der Waals surface area contributed by atoms with Crippen molar-refractivity contribution in [2.24, 2.45) is 11.0 Å². The molecule has 1 aliphatic carbocycles. The van der Waals surface area contributed by atoms with Gasteiger partial charge in [0.25, 0.3) is 0 Å². The lowest BCUT2D eigenvalue weighted by atomic mass is 9.90. The third-order valence-corrected chi connectivity index (χ3v) is 3.99. The maximum Gasteiger partial charge on any atom is 0.227 e. The number of anilines is 1. The van der Waals surface area contributed by atoms with Crippen molar-refractivity contribution in [2.45, 2.75) is 18.9 Å². The fourth-order valence-electron chi connectivity index (χ4n) is 2.70. The maximum absolute atomic E-state index is 12.3. The highest BCUT2D eigenvalue weighted by Gasteiger charge is 2.29. The summed E-state index contributed by atoms with van der Waals surface area (Å²) in [4.78, 5) is 14.0. The van der Waals surface area contributed by atoms with E-state index in [4.69, 9.17) is 0 Å². The van der Waals surface area contributed by atoms with E-state index in [9.17, 15) is 4.79 Å². The van der Waals surface area contributed by atoms with Crippen LogP contribution < -0.4 is 10.3 Å². The van der Waals surface area contributed by atoms with E-state index in [1.807, 2.05) is 49.5 Å². The highest BCUT2D eigenvalue weighted by atomic mass is 16.2. The molecule has 0 saturated heterocycles. The van der Waals surface area contributed by atoms with Crippen molar-refractivity contribution in [2.75, 3.05) is 11.9 Å². The van der Waals surface area contributed by atoms with Crippen molar-refractivity contribution in [3.63, 3.8) is 0 Å². The first-order chi connectivity index (χ1) is 10.3. The van der Waals surface area contributed by atoms with Crippen LogP contribution in [0.25, 0.3) is 0 Å². The monoisotopic (exact) mass is 281 g/mol. The topological polar surface area (TPSA) is 44.7 Å². The van der Waals surface area contributed by atoms with Gasteiger partial charge in [-0.2, -0.15) is 5.10 Å². The Morgan fingerprint density at radius 1 is 1.24 bits per heavy atom. The largest absolute Gasteiger partial charge is 0.315 e. The second-order valence-electron chi connectivity index (χ2n) is 5.34. The van der Waals surface area contributed by atoms with Gasteiger partial charge in [-0.25, -0.2) is 0 Å². The number of benzene rings is 1. The highest BCUT2D eigenvalue weighted by Crippen LogP contribution is 2.22. The normalized spacial score (nSPS) is 22.4. The first kappa shape index (κ1) is 13.6. The van der Waals surface area contributed by atoms with Crippen LogP contribution in [0.4, 0.5) is 5.69 Å². The summed E-state index contributed by atoms with van der Waals surface area (Å²) < 4.78 is 0. The number of fused-ring (bicyclic) bond motifs is 1. The molecule has 1 aromatic carbocycles. The molecule has 2 aliphatic rings. The summed E-state index contributed by atoms with van der Waals surface area (Å²) in [5.74, 6) is 0.410. The van der Waals surface area contributed by atoms with E-state index < -0.39 is 0 Å². The Hall–Kier alpha value is -2.36. The lowest BCUT2D eigenvalue weighted by molar-refractivity contribution is -0.118. The smallest absolute Gasteiger partial charge is 0.227 e. The molecule has 1 heterocycles. The number of nitrogens with zero attached hydrogens (tertiary/aromatic N) is 2.